The summed E-state index contributed by atoms with van der Waals surface area (Å²) in [4.78, 5) is 27.2. The minimum Gasteiger partial charge on any atom is -0.393 e. The quantitative estimate of drug-likeness (QED) is 0.447. The van der Waals surface area contributed by atoms with E-state index in [9.17, 15) is 24.9 Å². The first-order valence-electron chi connectivity index (χ1n) is 13.5. The molecular weight excluding hydrogens is 440 g/mol. The van der Waals surface area contributed by atoms with Crippen LogP contribution in [0.4, 0.5) is 0 Å². The molecule has 0 unspecified atom stereocenters. The second kappa shape index (κ2) is 7.17. The average Bonchev–Trinajstić information content (AvgIpc) is 2.86. The number of ketones is 2. The summed E-state index contributed by atoms with van der Waals surface area (Å²) in [5, 5.41) is 34.2. The zero-order chi connectivity index (χ0) is 26.1. The molecule has 3 saturated carbocycles. The SMILES string of the molecule is C[C@H]1[C@H](C)[C@@H](O)C[C@]2(C)C[C@@H](O)[C@]3(C)C4=C[C@@H](O)[C@H]5C[C@@](C)(C(=O)C(C)(C)C5=O)C4=CC[C@@]3(C)[C@H]12. The van der Waals surface area contributed by atoms with Gasteiger partial charge in [-0.05, 0) is 86.2 Å². The van der Waals surface area contributed by atoms with Crippen LogP contribution in [-0.2, 0) is 9.59 Å². The summed E-state index contributed by atoms with van der Waals surface area (Å²) >= 11 is 0. The molecule has 0 spiro atoms. The van der Waals surface area contributed by atoms with Crippen LogP contribution < -0.4 is 0 Å². The molecule has 35 heavy (non-hydrogen) atoms. The third-order valence-electron chi connectivity index (χ3n) is 12.2. The van der Waals surface area contributed by atoms with Crippen molar-refractivity contribution in [2.45, 2.75) is 99.4 Å². The Bertz CT molecular complexity index is 1050. The number of allylic oxidation sites excluding steroid dienone is 2. The molecule has 0 radical (unpaired) electrons. The van der Waals surface area contributed by atoms with Crippen LogP contribution in [0.1, 0.15) is 81.1 Å². The minimum atomic E-state index is -1.16. The second-order valence-electron chi connectivity index (χ2n) is 14.3. The number of fused-ring (bicyclic) bond motifs is 8. The fraction of sp³-hybridized carbons (Fsp3) is 0.800. The highest BCUT2D eigenvalue weighted by Crippen LogP contribution is 2.73. The molecule has 0 amide bonds. The number of hydrogen-bond donors (Lipinski definition) is 3. The van der Waals surface area contributed by atoms with Gasteiger partial charge in [-0.15, -0.1) is 0 Å². The van der Waals surface area contributed by atoms with Crippen molar-refractivity contribution < 1.29 is 24.9 Å². The molecule has 5 heteroatoms. The van der Waals surface area contributed by atoms with Crippen molar-refractivity contribution in [2.75, 3.05) is 0 Å². The summed E-state index contributed by atoms with van der Waals surface area (Å²) in [5.74, 6) is -0.234. The van der Waals surface area contributed by atoms with Crippen molar-refractivity contribution in [2.24, 2.45) is 50.7 Å². The lowest BCUT2D eigenvalue weighted by molar-refractivity contribution is -0.218. The van der Waals surface area contributed by atoms with Crippen molar-refractivity contribution in [3.63, 3.8) is 0 Å². The fourth-order valence-electron chi connectivity index (χ4n) is 9.99. The van der Waals surface area contributed by atoms with Gasteiger partial charge in [-0.1, -0.05) is 46.8 Å². The van der Waals surface area contributed by atoms with Gasteiger partial charge >= 0.3 is 0 Å². The van der Waals surface area contributed by atoms with Crippen molar-refractivity contribution in [3.8, 4) is 0 Å². The van der Waals surface area contributed by atoms with E-state index in [1.54, 1.807) is 13.8 Å². The summed E-state index contributed by atoms with van der Waals surface area (Å²) in [6.45, 7) is 16.4. The lowest BCUT2D eigenvalue weighted by atomic mass is 9.35. The highest BCUT2D eigenvalue weighted by atomic mass is 16.3. The predicted octanol–water partition coefficient (Wildman–Crippen LogP) is 4.24. The topological polar surface area (TPSA) is 94.8 Å². The number of aliphatic hydroxyl groups is 3. The Morgan fingerprint density at radius 1 is 0.857 bits per heavy atom. The normalized spacial score (nSPS) is 55.1. The molecule has 11 atom stereocenters. The number of carbonyl (C=O) groups is 2. The number of Topliss-reactive ketones (excluding diaryl/α,β-unsaturated/α-hetero) is 2. The van der Waals surface area contributed by atoms with Gasteiger partial charge in [0.25, 0.3) is 0 Å². The monoisotopic (exact) mass is 484 g/mol. The number of rotatable bonds is 0. The maximum Gasteiger partial charge on any atom is 0.156 e. The van der Waals surface area contributed by atoms with Gasteiger partial charge in [0, 0.05) is 11.3 Å². The molecule has 2 bridgehead atoms. The molecule has 3 N–H and O–H groups in total. The van der Waals surface area contributed by atoms with E-state index < -0.39 is 34.4 Å². The fourth-order valence-corrected chi connectivity index (χ4v) is 9.99. The first kappa shape index (κ1) is 25.4. The Hall–Kier alpha value is -1.30. The van der Waals surface area contributed by atoms with E-state index in [4.69, 9.17) is 0 Å². The Morgan fingerprint density at radius 3 is 2.11 bits per heavy atom. The summed E-state index contributed by atoms with van der Waals surface area (Å²) < 4.78 is 0. The second-order valence-corrected chi connectivity index (χ2v) is 14.3. The van der Waals surface area contributed by atoms with Crippen molar-refractivity contribution in [1.82, 2.24) is 0 Å². The molecule has 5 aliphatic rings. The Labute approximate surface area is 210 Å². The third kappa shape index (κ3) is 2.81. The maximum absolute atomic E-state index is 13.9. The van der Waals surface area contributed by atoms with E-state index in [0.29, 0.717) is 19.3 Å². The number of carbonyl (C=O) groups excluding carboxylic acids is 2. The van der Waals surface area contributed by atoms with Crippen molar-refractivity contribution >= 4 is 11.6 Å². The average molecular weight is 485 g/mol. The smallest absolute Gasteiger partial charge is 0.156 e. The van der Waals surface area contributed by atoms with E-state index in [1.165, 1.54) is 0 Å². The highest BCUT2D eigenvalue weighted by molar-refractivity contribution is 6.13. The predicted molar refractivity (Wildman–Crippen MR) is 134 cm³/mol. The van der Waals surface area contributed by atoms with Gasteiger partial charge in [0.15, 0.2) is 11.6 Å². The Balaban J connectivity index is 1.74. The van der Waals surface area contributed by atoms with Gasteiger partial charge in [0.2, 0.25) is 0 Å². The third-order valence-corrected chi connectivity index (χ3v) is 12.2. The summed E-state index contributed by atoms with van der Waals surface area (Å²) in [6.07, 6.45) is 4.23. The summed E-state index contributed by atoms with van der Waals surface area (Å²) in [6, 6.07) is 0. The molecule has 0 heterocycles. The van der Waals surface area contributed by atoms with Crippen LogP contribution >= 0.6 is 0 Å². The first-order chi connectivity index (χ1) is 16.0. The molecule has 3 fully saturated rings. The van der Waals surface area contributed by atoms with Gasteiger partial charge in [-0.2, -0.15) is 0 Å². The van der Waals surface area contributed by atoms with E-state index in [-0.39, 0.29) is 46.3 Å². The van der Waals surface area contributed by atoms with Gasteiger partial charge < -0.3 is 15.3 Å². The van der Waals surface area contributed by atoms with E-state index >= 15 is 0 Å². The zero-order valence-electron chi connectivity index (χ0n) is 22.7. The molecule has 5 aliphatic carbocycles. The Kier molecular flexibility index (Phi) is 5.19. The van der Waals surface area contributed by atoms with Crippen molar-refractivity contribution in [3.05, 3.63) is 23.3 Å². The van der Waals surface area contributed by atoms with E-state index in [1.807, 2.05) is 13.0 Å². The van der Waals surface area contributed by atoms with Crippen LogP contribution in [0.2, 0.25) is 0 Å². The molecule has 194 valence electrons. The molecule has 0 saturated heterocycles. The lowest BCUT2D eigenvalue weighted by Crippen LogP contribution is -2.67. The number of hydrogen-bond acceptors (Lipinski definition) is 5. The van der Waals surface area contributed by atoms with Crippen LogP contribution in [-0.4, -0.2) is 45.2 Å². The van der Waals surface area contributed by atoms with Crippen LogP contribution in [0, 0.1) is 50.7 Å². The van der Waals surface area contributed by atoms with Crippen LogP contribution in [0.25, 0.3) is 0 Å². The maximum atomic E-state index is 13.9. The molecule has 0 aromatic heterocycles. The Morgan fingerprint density at radius 2 is 1.49 bits per heavy atom. The first-order valence-corrected chi connectivity index (χ1v) is 13.5. The van der Waals surface area contributed by atoms with Crippen LogP contribution in [0.5, 0.6) is 0 Å². The molecule has 0 aliphatic heterocycles. The minimum absolute atomic E-state index is 0.0809. The van der Waals surface area contributed by atoms with E-state index in [2.05, 4.69) is 40.7 Å². The van der Waals surface area contributed by atoms with Gasteiger partial charge in [0.1, 0.15) is 0 Å². The lowest BCUT2D eigenvalue weighted by Gasteiger charge is -2.69. The van der Waals surface area contributed by atoms with Crippen molar-refractivity contribution in [1.29, 1.82) is 0 Å². The largest absolute Gasteiger partial charge is 0.393 e. The van der Waals surface area contributed by atoms with E-state index in [0.717, 1.165) is 17.6 Å². The summed E-state index contributed by atoms with van der Waals surface area (Å²) in [5.41, 5.74) is -1.49. The highest BCUT2D eigenvalue weighted by Gasteiger charge is 2.70. The number of aliphatic hydroxyl groups excluding tert-OH is 3. The summed E-state index contributed by atoms with van der Waals surface area (Å²) in [7, 11) is 0. The van der Waals surface area contributed by atoms with Gasteiger partial charge in [-0.3, -0.25) is 9.59 Å². The zero-order valence-corrected chi connectivity index (χ0v) is 22.7. The molecule has 0 aromatic carbocycles. The van der Waals surface area contributed by atoms with Crippen LogP contribution in [0.3, 0.4) is 0 Å². The van der Waals surface area contributed by atoms with Gasteiger partial charge in [-0.25, -0.2) is 0 Å². The van der Waals surface area contributed by atoms with Crippen LogP contribution in [0.15, 0.2) is 23.3 Å². The molecule has 5 nitrogen and oxygen atoms in total. The molecular formula is C30H44O5. The molecule has 5 rings (SSSR count). The van der Waals surface area contributed by atoms with Gasteiger partial charge in [0.05, 0.1) is 29.1 Å². The molecule has 0 aromatic rings. The standard InChI is InChI=1S/C30H44O5/c1-15-16(2)23-27(5,13-21(15)32)14-22(33)30(8)19-11-20(31)17-12-28(6,18(19)9-10-29(23,30)7)25(35)26(3,4)24(17)34/h9,11,15-17,20-23,31-33H,10,12-14H2,1-8H3/t15-,16-,17+,20+,21-,22+,23+,27+,28+,29-,30-/m0/s1.